The average molecular weight is 367 g/mol. The molecule has 2 amide bonds. The van der Waals surface area contributed by atoms with Crippen LogP contribution in [0.1, 0.15) is 36.9 Å². The normalized spacial score (nSPS) is 22.3. The summed E-state index contributed by atoms with van der Waals surface area (Å²) in [5.74, 6) is -0.468. The van der Waals surface area contributed by atoms with E-state index in [1.54, 1.807) is 0 Å². The number of carbonyl (C=O) groups excluding carboxylic acids is 2. The van der Waals surface area contributed by atoms with Crippen LogP contribution >= 0.6 is 0 Å². The van der Waals surface area contributed by atoms with Crippen LogP contribution in [-0.4, -0.2) is 23.6 Å². The number of hydrogen-bond acceptors (Lipinski definition) is 4. The molecule has 0 aliphatic heterocycles. The minimum atomic E-state index is -0.971. The summed E-state index contributed by atoms with van der Waals surface area (Å²) in [6.45, 7) is 2.15. The zero-order chi connectivity index (χ0) is 19.3. The highest BCUT2D eigenvalue weighted by Crippen LogP contribution is 2.35. The second-order valence-corrected chi connectivity index (χ2v) is 6.91. The first-order valence-electron chi connectivity index (χ1n) is 9.11. The number of primary amides is 1. The van der Waals surface area contributed by atoms with E-state index in [-0.39, 0.29) is 12.6 Å². The van der Waals surface area contributed by atoms with Crippen LogP contribution in [0.3, 0.4) is 0 Å². The number of benzene rings is 2. The maximum absolute atomic E-state index is 12.2. The summed E-state index contributed by atoms with van der Waals surface area (Å²) in [5, 5.41) is 6.12. The van der Waals surface area contributed by atoms with Crippen LogP contribution in [-0.2, 0) is 16.1 Å². The molecule has 1 aliphatic carbocycles. The molecule has 2 aromatic rings. The van der Waals surface area contributed by atoms with Crippen molar-refractivity contribution in [3.8, 4) is 0 Å². The summed E-state index contributed by atoms with van der Waals surface area (Å²) in [6.07, 6.45) is 0.685. The van der Waals surface area contributed by atoms with Crippen LogP contribution in [0.2, 0.25) is 0 Å². The van der Waals surface area contributed by atoms with Crippen LogP contribution < -0.4 is 16.4 Å². The van der Waals surface area contributed by atoms with Crippen molar-refractivity contribution in [2.75, 3.05) is 0 Å². The van der Waals surface area contributed by atoms with E-state index in [9.17, 15) is 9.59 Å². The molecular weight excluding hydrogens is 342 g/mol. The number of carbonyl (C=O) groups is 2. The van der Waals surface area contributed by atoms with Crippen molar-refractivity contribution in [3.63, 3.8) is 0 Å². The molecule has 0 heterocycles. The summed E-state index contributed by atoms with van der Waals surface area (Å²) in [4.78, 5) is 24.4. The van der Waals surface area contributed by atoms with Gasteiger partial charge < -0.3 is 15.8 Å². The van der Waals surface area contributed by atoms with Crippen molar-refractivity contribution >= 4 is 12.0 Å². The Morgan fingerprint density at radius 3 is 2.33 bits per heavy atom. The molecule has 6 nitrogen and oxygen atoms in total. The van der Waals surface area contributed by atoms with Crippen molar-refractivity contribution in [1.29, 1.82) is 0 Å². The molecule has 142 valence electrons. The van der Waals surface area contributed by atoms with Gasteiger partial charge in [-0.2, -0.15) is 0 Å². The van der Waals surface area contributed by atoms with Crippen LogP contribution in [0.5, 0.6) is 0 Å². The molecule has 4 N–H and O–H groups in total. The molecule has 0 bridgehead atoms. The molecule has 3 atom stereocenters. The van der Waals surface area contributed by atoms with Gasteiger partial charge in [0.25, 0.3) is 0 Å². The van der Waals surface area contributed by atoms with Gasteiger partial charge in [-0.05, 0) is 30.9 Å². The Hall–Kier alpha value is -2.86. The maximum Gasteiger partial charge on any atom is 0.407 e. The summed E-state index contributed by atoms with van der Waals surface area (Å²) in [6, 6.07) is 18.8. The van der Waals surface area contributed by atoms with Gasteiger partial charge in [0.2, 0.25) is 5.91 Å². The Kier molecular flexibility index (Phi) is 5.76. The van der Waals surface area contributed by atoms with Crippen molar-refractivity contribution in [1.82, 2.24) is 10.6 Å². The summed E-state index contributed by atoms with van der Waals surface area (Å²) < 4.78 is 5.27. The first-order chi connectivity index (χ1) is 13.0. The number of alkyl carbamates (subject to hydrolysis) is 1. The van der Waals surface area contributed by atoms with E-state index in [0.717, 1.165) is 11.1 Å². The van der Waals surface area contributed by atoms with E-state index < -0.39 is 23.6 Å². The molecule has 0 unspecified atom stereocenters. The Morgan fingerprint density at radius 1 is 1.15 bits per heavy atom. The lowest BCUT2D eigenvalue weighted by atomic mass is 9.70. The molecule has 2 aromatic carbocycles. The summed E-state index contributed by atoms with van der Waals surface area (Å²) >= 11 is 0. The Balaban J connectivity index is 1.61. The zero-order valence-corrected chi connectivity index (χ0v) is 15.4. The molecule has 0 aromatic heterocycles. The summed E-state index contributed by atoms with van der Waals surface area (Å²) in [5.41, 5.74) is 6.68. The van der Waals surface area contributed by atoms with Crippen LogP contribution in [0.15, 0.2) is 60.7 Å². The first-order valence-corrected chi connectivity index (χ1v) is 9.11. The highest BCUT2D eigenvalue weighted by atomic mass is 16.5. The first kappa shape index (κ1) is 18.9. The lowest BCUT2D eigenvalue weighted by molar-refractivity contribution is -0.130. The van der Waals surface area contributed by atoms with Gasteiger partial charge in [-0.3, -0.25) is 10.1 Å². The van der Waals surface area contributed by atoms with Gasteiger partial charge in [0, 0.05) is 6.04 Å². The monoisotopic (exact) mass is 367 g/mol. The fourth-order valence-corrected chi connectivity index (χ4v) is 3.43. The molecule has 0 saturated heterocycles. The number of nitrogens with one attached hydrogen (secondary N) is 2. The smallest absolute Gasteiger partial charge is 0.407 e. The van der Waals surface area contributed by atoms with Gasteiger partial charge in [0.05, 0.1) is 6.04 Å². The predicted molar refractivity (Wildman–Crippen MR) is 103 cm³/mol. The van der Waals surface area contributed by atoms with Gasteiger partial charge >= 0.3 is 6.09 Å². The molecule has 0 spiro atoms. The fraction of sp³-hybridized carbons (Fsp3) is 0.333. The van der Waals surface area contributed by atoms with Crippen molar-refractivity contribution in [2.24, 2.45) is 5.73 Å². The van der Waals surface area contributed by atoms with Gasteiger partial charge in [0.1, 0.15) is 12.1 Å². The van der Waals surface area contributed by atoms with Gasteiger partial charge in [0.15, 0.2) is 0 Å². The number of rotatable bonds is 7. The minimum absolute atomic E-state index is 0.0800. The zero-order valence-electron chi connectivity index (χ0n) is 15.4. The van der Waals surface area contributed by atoms with Gasteiger partial charge in [-0.25, -0.2) is 4.79 Å². The van der Waals surface area contributed by atoms with Crippen molar-refractivity contribution in [3.05, 3.63) is 71.8 Å². The molecular formula is C21H25N3O3. The van der Waals surface area contributed by atoms with Crippen molar-refractivity contribution < 1.29 is 14.3 Å². The fourth-order valence-electron chi connectivity index (χ4n) is 3.43. The highest BCUT2D eigenvalue weighted by Gasteiger charge is 2.53. The third-order valence-corrected chi connectivity index (χ3v) is 5.14. The minimum Gasteiger partial charge on any atom is -0.445 e. The molecule has 1 fully saturated rings. The van der Waals surface area contributed by atoms with E-state index in [2.05, 4.69) is 10.6 Å². The van der Waals surface area contributed by atoms with E-state index in [1.165, 1.54) is 0 Å². The van der Waals surface area contributed by atoms with E-state index in [1.807, 2.05) is 67.6 Å². The summed E-state index contributed by atoms with van der Waals surface area (Å²) in [7, 11) is 0. The molecule has 1 aliphatic rings. The second kappa shape index (κ2) is 8.22. The molecule has 0 radical (unpaired) electrons. The third-order valence-electron chi connectivity index (χ3n) is 5.14. The standard InChI is InChI=1S/C21H25N3O3/c1-15(17-10-6-3-7-11-17)24-21(19(22)25)13-12-18(21)23-20(26)27-14-16-8-4-2-5-9-16/h2-11,15,18,24H,12-14H2,1H3,(H2,22,25)(H,23,26)/t15-,18-,21-/m0/s1. The topological polar surface area (TPSA) is 93.5 Å². The lowest BCUT2D eigenvalue weighted by Gasteiger charge is -2.49. The number of nitrogens with two attached hydrogens (primary N) is 1. The van der Waals surface area contributed by atoms with E-state index in [0.29, 0.717) is 12.8 Å². The van der Waals surface area contributed by atoms with E-state index >= 15 is 0 Å². The van der Waals surface area contributed by atoms with Crippen molar-refractivity contribution in [2.45, 2.75) is 44.0 Å². The third kappa shape index (κ3) is 4.28. The van der Waals surface area contributed by atoms with Crippen LogP contribution in [0, 0.1) is 0 Å². The largest absolute Gasteiger partial charge is 0.445 e. The Bertz CT molecular complexity index is 782. The average Bonchev–Trinajstić information content (AvgIpc) is 2.68. The molecule has 27 heavy (non-hydrogen) atoms. The second-order valence-electron chi connectivity index (χ2n) is 6.91. The SMILES string of the molecule is C[C@H](N[C@@]1(C(N)=O)CC[C@@H]1NC(=O)OCc1ccccc1)c1ccccc1. The highest BCUT2D eigenvalue weighted by molar-refractivity contribution is 5.88. The van der Waals surface area contributed by atoms with Gasteiger partial charge in [-0.15, -0.1) is 0 Å². The number of ether oxygens (including phenoxy) is 1. The lowest BCUT2D eigenvalue weighted by Crippen LogP contribution is -2.73. The van der Waals surface area contributed by atoms with Gasteiger partial charge in [-0.1, -0.05) is 60.7 Å². The molecule has 1 saturated carbocycles. The molecule has 3 rings (SSSR count). The Labute approximate surface area is 159 Å². The van der Waals surface area contributed by atoms with Crippen LogP contribution in [0.25, 0.3) is 0 Å². The van der Waals surface area contributed by atoms with Crippen LogP contribution in [0.4, 0.5) is 4.79 Å². The predicted octanol–water partition coefficient (Wildman–Crippen LogP) is 2.65. The molecule has 6 heteroatoms. The number of amides is 2. The maximum atomic E-state index is 12.2. The Morgan fingerprint density at radius 2 is 1.78 bits per heavy atom. The quantitative estimate of drug-likeness (QED) is 0.701. The number of hydrogen-bond donors (Lipinski definition) is 3. The van der Waals surface area contributed by atoms with E-state index in [4.69, 9.17) is 10.5 Å².